The number of nitrogens with one attached hydrogen (secondary N) is 1. The highest BCUT2D eigenvalue weighted by Crippen LogP contribution is 2.03. The van der Waals surface area contributed by atoms with Gasteiger partial charge >= 0.3 is 5.97 Å². The third-order valence-corrected chi connectivity index (χ3v) is 2.05. The Hall–Kier alpha value is -2.10. The molecule has 4 nitrogen and oxygen atoms in total. The third kappa shape index (κ3) is 3.57. The number of rotatable bonds is 5. The van der Waals surface area contributed by atoms with Crippen molar-refractivity contribution in [2.24, 2.45) is 0 Å². The fourth-order valence-corrected chi connectivity index (χ4v) is 1.27. The smallest absolute Gasteiger partial charge is 0.326 e. The molecular formula is C12H13NO3. The summed E-state index contributed by atoms with van der Waals surface area (Å²) in [6.07, 6.45) is 1.19. The van der Waals surface area contributed by atoms with Gasteiger partial charge in [-0.15, -0.1) is 0 Å². The lowest BCUT2D eigenvalue weighted by Gasteiger charge is -2.13. The highest BCUT2D eigenvalue weighted by atomic mass is 16.4. The Morgan fingerprint density at radius 3 is 2.75 bits per heavy atom. The molecule has 16 heavy (non-hydrogen) atoms. The number of hydrogen-bond donors (Lipinski definition) is 2. The molecule has 0 saturated carbocycles. The molecule has 0 fully saturated rings. The molecule has 0 aliphatic rings. The second-order valence-corrected chi connectivity index (χ2v) is 3.26. The molecule has 0 aliphatic carbocycles. The Labute approximate surface area is 95.0 Å². The van der Waals surface area contributed by atoms with Gasteiger partial charge in [0, 0.05) is 6.42 Å². The molecule has 1 aromatic carbocycles. The first-order chi connectivity index (χ1) is 8.13. The second kappa shape index (κ2) is 5.70. The molecule has 1 amide bonds. The van der Waals surface area contributed by atoms with Gasteiger partial charge in [0.15, 0.2) is 0 Å². The number of amides is 1. The van der Waals surface area contributed by atoms with Gasteiger partial charge in [0.05, 0.1) is 1.37 Å². The summed E-state index contributed by atoms with van der Waals surface area (Å²) in [5.41, 5.74) is 0.829. The van der Waals surface area contributed by atoms with Crippen molar-refractivity contribution in [2.45, 2.75) is 12.5 Å². The van der Waals surface area contributed by atoms with Gasteiger partial charge in [0.1, 0.15) is 6.04 Å². The number of benzene rings is 1. The van der Waals surface area contributed by atoms with Crippen LogP contribution in [0.25, 0.3) is 0 Å². The normalized spacial score (nSPS) is 13.1. The first kappa shape index (κ1) is 10.4. The van der Waals surface area contributed by atoms with E-state index in [2.05, 4.69) is 5.32 Å². The van der Waals surface area contributed by atoms with E-state index < -0.39 is 17.9 Å². The second-order valence-electron chi connectivity index (χ2n) is 3.26. The predicted molar refractivity (Wildman–Crippen MR) is 59.9 cm³/mol. The molecule has 0 saturated heterocycles. The molecule has 0 aromatic heterocycles. The molecule has 1 rings (SSSR count). The summed E-state index contributed by atoms with van der Waals surface area (Å²) in [6, 6.07) is 8.05. The fraction of sp³-hybridized carbons (Fsp3) is 0.167. The lowest BCUT2D eigenvalue weighted by molar-refractivity contribution is -0.141. The minimum atomic E-state index is -1.10. The van der Waals surface area contributed by atoms with Crippen LogP contribution in [0.4, 0.5) is 0 Å². The largest absolute Gasteiger partial charge is 0.480 e. The van der Waals surface area contributed by atoms with Crippen molar-refractivity contribution in [2.75, 3.05) is 0 Å². The van der Waals surface area contributed by atoms with E-state index in [1.54, 1.807) is 24.3 Å². The number of carboxylic acid groups (broad SMARTS) is 1. The van der Waals surface area contributed by atoms with Crippen LogP contribution in [0.3, 0.4) is 0 Å². The minimum Gasteiger partial charge on any atom is -0.480 e. The molecule has 4 heteroatoms. The predicted octanol–water partition coefficient (Wildman–Crippen LogP) is 0.984. The topological polar surface area (TPSA) is 66.4 Å². The van der Waals surface area contributed by atoms with Crippen LogP contribution >= 0.6 is 0 Å². The molecule has 0 heterocycles. The molecule has 0 spiro atoms. The van der Waals surface area contributed by atoms with Crippen molar-refractivity contribution in [3.63, 3.8) is 0 Å². The molecule has 1 aromatic rings. The Kier molecular flexibility index (Phi) is 3.71. The van der Waals surface area contributed by atoms with Crippen molar-refractivity contribution >= 4 is 11.9 Å². The van der Waals surface area contributed by atoms with E-state index in [9.17, 15) is 9.59 Å². The Bertz CT molecular complexity index is 417. The van der Waals surface area contributed by atoms with Crippen LogP contribution in [0.2, 0.25) is 0 Å². The lowest BCUT2D eigenvalue weighted by Crippen LogP contribution is -2.41. The van der Waals surface area contributed by atoms with Crippen molar-refractivity contribution < 1.29 is 16.1 Å². The third-order valence-electron chi connectivity index (χ3n) is 2.05. The molecule has 84 valence electrons. The van der Waals surface area contributed by atoms with Crippen molar-refractivity contribution in [1.82, 2.24) is 5.32 Å². The van der Waals surface area contributed by atoms with Gasteiger partial charge in [0.2, 0.25) is 5.91 Å². The van der Waals surface area contributed by atoms with Gasteiger partial charge in [-0.2, -0.15) is 0 Å². The van der Waals surface area contributed by atoms with Crippen LogP contribution < -0.4 is 5.32 Å². The van der Waals surface area contributed by atoms with Gasteiger partial charge in [-0.3, -0.25) is 4.79 Å². The molecule has 1 atom stereocenters. The van der Waals surface area contributed by atoms with Crippen molar-refractivity contribution in [1.29, 1.82) is 0 Å². The molecule has 0 aliphatic heterocycles. The van der Waals surface area contributed by atoms with Crippen molar-refractivity contribution in [3.05, 3.63) is 48.5 Å². The van der Waals surface area contributed by atoms with Crippen molar-refractivity contribution in [3.8, 4) is 0 Å². The van der Waals surface area contributed by atoms with Gasteiger partial charge in [-0.05, 0) is 11.6 Å². The Morgan fingerprint density at radius 2 is 2.19 bits per heavy atom. The first-order valence-corrected chi connectivity index (χ1v) is 4.75. The lowest BCUT2D eigenvalue weighted by atomic mass is 10.1. The van der Waals surface area contributed by atoms with Gasteiger partial charge in [0.25, 0.3) is 0 Å². The highest BCUT2D eigenvalue weighted by molar-refractivity contribution is 5.90. The zero-order valence-corrected chi connectivity index (χ0v) is 8.59. The summed E-state index contributed by atoms with van der Waals surface area (Å²) in [4.78, 5) is 22.1. The monoisotopic (exact) mass is 220 g/mol. The summed E-state index contributed by atoms with van der Waals surface area (Å²) < 4.78 is 6.72. The summed E-state index contributed by atoms with van der Waals surface area (Å²) in [7, 11) is 0. The molecular weight excluding hydrogens is 206 g/mol. The summed E-state index contributed by atoms with van der Waals surface area (Å²) in [5.74, 6) is -1.68. The number of carbonyl (C=O) groups is 2. The van der Waals surface area contributed by atoms with Gasteiger partial charge in [-0.1, -0.05) is 36.9 Å². The van der Waals surface area contributed by atoms with E-state index >= 15 is 0 Å². The van der Waals surface area contributed by atoms with E-state index in [0.717, 1.165) is 18.2 Å². The molecule has 0 radical (unpaired) electrons. The Morgan fingerprint density at radius 1 is 1.50 bits per heavy atom. The first-order valence-electron chi connectivity index (χ1n) is 5.33. The van der Waals surface area contributed by atoms with E-state index in [4.69, 9.17) is 6.48 Å². The SMILES string of the molecule is [2H]C=CC(=O)N[C@@H](Cc1ccccc1)C(=O)O. The van der Waals surface area contributed by atoms with Gasteiger partial charge in [-0.25, -0.2) is 4.79 Å². The average Bonchev–Trinajstić information content (AvgIpc) is 2.29. The summed E-state index contributed by atoms with van der Waals surface area (Å²) in [5, 5.41) is 11.3. The number of carboxylic acids is 1. The maximum absolute atomic E-state index is 11.2. The summed E-state index contributed by atoms with van der Waals surface area (Å²) >= 11 is 0. The zero-order chi connectivity index (χ0) is 12.7. The van der Waals surface area contributed by atoms with Crippen LogP contribution in [0.5, 0.6) is 0 Å². The highest BCUT2D eigenvalue weighted by Gasteiger charge is 2.18. The van der Waals surface area contributed by atoms with E-state index in [-0.39, 0.29) is 6.42 Å². The zero-order valence-electron chi connectivity index (χ0n) is 9.59. The number of aliphatic carboxylic acids is 1. The van der Waals surface area contributed by atoms with Gasteiger partial charge < -0.3 is 10.4 Å². The standard InChI is InChI=1S/C12H13NO3/c1-2-11(14)13-10(12(15)16)8-9-6-4-3-5-7-9/h2-7,10H,1,8H2,(H,13,14)(H,15,16)/t10-/m0/s1/i1D. The average molecular weight is 220 g/mol. The van der Waals surface area contributed by atoms with Crippen LogP contribution in [0, 0.1) is 0 Å². The van der Waals surface area contributed by atoms with Crippen LogP contribution in [-0.4, -0.2) is 23.0 Å². The van der Waals surface area contributed by atoms with E-state index in [1.807, 2.05) is 6.07 Å². The summed E-state index contributed by atoms with van der Waals surface area (Å²) in [6.45, 7) is 0.816. The van der Waals surface area contributed by atoms with Crippen LogP contribution in [0.1, 0.15) is 6.93 Å². The molecule has 0 unspecified atom stereocenters. The van der Waals surface area contributed by atoms with Crippen LogP contribution in [0.15, 0.2) is 43.0 Å². The maximum Gasteiger partial charge on any atom is 0.326 e. The quantitative estimate of drug-likeness (QED) is 0.727. The van der Waals surface area contributed by atoms with E-state index in [1.165, 1.54) is 0 Å². The van der Waals surface area contributed by atoms with E-state index in [0.29, 0.717) is 0 Å². The van der Waals surface area contributed by atoms with Crippen LogP contribution in [-0.2, 0) is 16.0 Å². The maximum atomic E-state index is 11.2. The minimum absolute atomic E-state index is 0.216. The molecule has 2 N–H and O–H groups in total. The number of carbonyl (C=O) groups excluding carboxylic acids is 1. The molecule has 0 bridgehead atoms. The number of hydrogen-bond acceptors (Lipinski definition) is 2. The Balaban J connectivity index is 2.67. The fourth-order valence-electron chi connectivity index (χ4n) is 1.27.